The molecule has 2 unspecified atom stereocenters. The predicted molar refractivity (Wildman–Crippen MR) is 20.5 cm³/mol. The van der Waals surface area contributed by atoms with Crippen molar-refractivity contribution in [3.05, 3.63) is 0 Å². The monoisotopic (exact) mass is 128 g/mol. The maximum Gasteiger partial charge on any atom is 0.336 e. The van der Waals surface area contributed by atoms with E-state index in [2.05, 4.69) is 11.5 Å². The van der Waals surface area contributed by atoms with E-state index in [4.69, 9.17) is 10.2 Å². The van der Waals surface area contributed by atoms with Crippen LogP contribution in [0, 0.1) is 0 Å². The van der Waals surface area contributed by atoms with Crippen LogP contribution in [0.1, 0.15) is 0 Å². The summed E-state index contributed by atoms with van der Waals surface area (Å²) in [6, 6.07) is 0. The molecular weight excluding hydrogens is 122 g/mol. The first kappa shape index (κ1) is 7.70. The number of rotatable bonds is 1. The molecule has 0 aliphatic carbocycles. The van der Waals surface area contributed by atoms with E-state index >= 15 is 0 Å². The molecule has 0 aliphatic heterocycles. The van der Waals surface area contributed by atoms with E-state index in [1.807, 2.05) is 0 Å². The topological polar surface area (TPSA) is 92.5 Å². The minimum Gasteiger partial charge on any atom is -0.344 e. The summed E-state index contributed by atoms with van der Waals surface area (Å²) < 4.78 is 23.0. The lowest BCUT2D eigenvalue weighted by Crippen LogP contribution is -2.60. The molecule has 50 valence electrons. The normalized spacial score (nSPS) is 26.2. The third kappa shape index (κ3) is 1.66. The molecule has 0 aromatic heterocycles. The van der Waals surface area contributed by atoms with Crippen molar-refractivity contribution in [1.29, 1.82) is 0 Å². The van der Waals surface area contributed by atoms with Crippen LogP contribution in [0.2, 0.25) is 0 Å². The number of aliphatic hydroxyl groups is 2. The summed E-state index contributed by atoms with van der Waals surface area (Å²) in [7, 11) is 0. The Labute approximate surface area is 43.7 Å². The highest BCUT2D eigenvalue weighted by atomic mass is 19.2. The van der Waals surface area contributed by atoms with E-state index in [9.17, 15) is 8.78 Å². The predicted octanol–water partition coefficient (Wildman–Crippen LogP) is -1.87. The summed E-state index contributed by atoms with van der Waals surface area (Å²) in [4.78, 5) is 0. The van der Waals surface area contributed by atoms with Gasteiger partial charge in [-0.25, -0.2) is 0 Å². The Morgan fingerprint density at radius 1 is 1.00 bits per heavy atom. The molecule has 0 aromatic rings. The lowest BCUT2D eigenvalue weighted by Gasteiger charge is -2.21. The van der Waals surface area contributed by atoms with Crippen molar-refractivity contribution in [3.63, 3.8) is 0 Å². The summed E-state index contributed by atoms with van der Waals surface area (Å²) in [5.74, 6) is -7.79. The Kier molecular flexibility index (Phi) is 1.53. The van der Waals surface area contributed by atoms with Gasteiger partial charge in [-0.3, -0.25) is 11.5 Å². The van der Waals surface area contributed by atoms with E-state index in [1.165, 1.54) is 0 Å². The van der Waals surface area contributed by atoms with E-state index in [1.54, 1.807) is 0 Å². The minimum absolute atomic E-state index is 3.90. The third-order valence-electron chi connectivity index (χ3n) is 0.492. The average molecular weight is 128 g/mol. The number of halogens is 2. The maximum atomic E-state index is 11.5. The second-order valence-electron chi connectivity index (χ2n) is 1.35. The first-order valence-electron chi connectivity index (χ1n) is 1.65. The highest BCUT2D eigenvalue weighted by molar-refractivity contribution is 4.69. The second-order valence-corrected chi connectivity index (χ2v) is 1.35. The fourth-order valence-corrected chi connectivity index (χ4v) is 0. The number of alkyl halides is 2. The molecule has 8 heavy (non-hydrogen) atoms. The highest BCUT2D eigenvalue weighted by Gasteiger charge is 2.45. The van der Waals surface area contributed by atoms with Crippen molar-refractivity contribution < 1.29 is 19.0 Å². The van der Waals surface area contributed by atoms with Gasteiger partial charge in [-0.15, -0.1) is 0 Å². The molecular formula is C2H6F2N2O2. The summed E-state index contributed by atoms with van der Waals surface area (Å²) in [5, 5.41) is 15.4. The Balaban J connectivity index is 4.02. The van der Waals surface area contributed by atoms with Gasteiger partial charge in [0.05, 0.1) is 0 Å². The molecule has 0 saturated heterocycles. The van der Waals surface area contributed by atoms with Gasteiger partial charge in [-0.05, 0) is 0 Å². The summed E-state index contributed by atoms with van der Waals surface area (Å²) >= 11 is 0. The third-order valence-corrected chi connectivity index (χ3v) is 0.492. The largest absolute Gasteiger partial charge is 0.344 e. The van der Waals surface area contributed by atoms with Crippen LogP contribution >= 0.6 is 0 Å². The molecule has 0 aromatic carbocycles. The summed E-state index contributed by atoms with van der Waals surface area (Å²) in [6.45, 7) is 0. The maximum absolute atomic E-state index is 11.5. The van der Waals surface area contributed by atoms with Crippen molar-refractivity contribution in [2.24, 2.45) is 11.5 Å². The highest BCUT2D eigenvalue weighted by Crippen LogP contribution is 2.12. The van der Waals surface area contributed by atoms with E-state index in [-0.39, 0.29) is 0 Å². The molecule has 0 aliphatic rings. The minimum atomic E-state index is -3.90. The van der Waals surface area contributed by atoms with Crippen LogP contribution in [-0.4, -0.2) is 22.2 Å². The second kappa shape index (κ2) is 1.59. The average Bonchev–Trinajstić information content (AvgIpc) is 1.25. The number of hydrogen-bond acceptors (Lipinski definition) is 4. The van der Waals surface area contributed by atoms with Crippen LogP contribution in [0.15, 0.2) is 0 Å². The van der Waals surface area contributed by atoms with Crippen LogP contribution in [0.25, 0.3) is 0 Å². The number of hydrogen-bond donors (Lipinski definition) is 4. The zero-order valence-corrected chi connectivity index (χ0v) is 3.81. The van der Waals surface area contributed by atoms with Crippen LogP contribution in [0.5, 0.6) is 0 Å². The van der Waals surface area contributed by atoms with Gasteiger partial charge in [0, 0.05) is 0 Å². The zero-order valence-electron chi connectivity index (χ0n) is 3.81. The zero-order chi connectivity index (χ0) is 7.00. The Bertz CT molecular complexity index is 71.0. The molecule has 6 heteroatoms. The molecule has 0 radical (unpaired) electrons. The standard InChI is InChI=1S/C2H6F2N2O2/c3-1(5,7)2(4,6)8/h7-8H,5-6H2. The smallest absolute Gasteiger partial charge is 0.336 e. The van der Waals surface area contributed by atoms with Gasteiger partial charge >= 0.3 is 12.0 Å². The lowest BCUT2D eigenvalue weighted by molar-refractivity contribution is -0.283. The Morgan fingerprint density at radius 3 is 1.12 bits per heavy atom. The van der Waals surface area contributed by atoms with Gasteiger partial charge in [0.2, 0.25) is 0 Å². The van der Waals surface area contributed by atoms with Crippen molar-refractivity contribution in [3.8, 4) is 0 Å². The van der Waals surface area contributed by atoms with E-state index in [0.717, 1.165) is 0 Å². The lowest BCUT2D eigenvalue weighted by atomic mass is 10.4. The fourth-order valence-electron chi connectivity index (χ4n) is 0. The summed E-state index contributed by atoms with van der Waals surface area (Å²) in [5.41, 5.74) is 7.90. The van der Waals surface area contributed by atoms with Crippen molar-refractivity contribution in [1.82, 2.24) is 0 Å². The molecule has 0 rings (SSSR count). The Hall–Kier alpha value is -0.300. The van der Waals surface area contributed by atoms with Crippen LogP contribution in [0.4, 0.5) is 8.78 Å². The van der Waals surface area contributed by atoms with Gasteiger partial charge < -0.3 is 10.2 Å². The van der Waals surface area contributed by atoms with E-state index in [0.29, 0.717) is 0 Å². The summed E-state index contributed by atoms with van der Waals surface area (Å²) in [6.07, 6.45) is 0. The van der Waals surface area contributed by atoms with Gasteiger partial charge in [0.25, 0.3) is 0 Å². The number of nitrogens with two attached hydrogens (primary N) is 2. The first-order valence-corrected chi connectivity index (χ1v) is 1.65. The first-order chi connectivity index (χ1) is 3.25. The van der Waals surface area contributed by atoms with Crippen molar-refractivity contribution in [2.45, 2.75) is 12.0 Å². The van der Waals surface area contributed by atoms with Crippen LogP contribution in [0.3, 0.4) is 0 Å². The molecule has 4 nitrogen and oxygen atoms in total. The Morgan fingerprint density at radius 2 is 1.12 bits per heavy atom. The molecule has 0 fully saturated rings. The van der Waals surface area contributed by atoms with Gasteiger partial charge in [-0.2, -0.15) is 8.78 Å². The van der Waals surface area contributed by atoms with Gasteiger partial charge in [0.1, 0.15) is 0 Å². The van der Waals surface area contributed by atoms with E-state index < -0.39 is 12.0 Å². The molecule has 0 amide bonds. The molecule has 0 bridgehead atoms. The van der Waals surface area contributed by atoms with Crippen molar-refractivity contribution >= 4 is 0 Å². The molecule has 0 saturated carbocycles. The quantitative estimate of drug-likeness (QED) is 0.246. The van der Waals surface area contributed by atoms with Crippen LogP contribution < -0.4 is 11.5 Å². The van der Waals surface area contributed by atoms with Crippen LogP contribution in [-0.2, 0) is 0 Å². The molecule has 6 N–H and O–H groups in total. The SMILES string of the molecule is NC(O)(F)C(N)(O)F. The van der Waals surface area contributed by atoms with Crippen molar-refractivity contribution in [2.75, 3.05) is 0 Å². The molecule has 2 atom stereocenters. The van der Waals surface area contributed by atoms with Gasteiger partial charge in [0.15, 0.2) is 0 Å². The molecule has 0 heterocycles. The fraction of sp³-hybridized carbons (Fsp3) is 1.00. The van der Waals surface area contributed by atoms with Gasteiger partial charge in [-0.1, -0.05) is 0 Å². The molecule has 0 spiro atoms.